The predicted octanol–water partition coefficient (Wildman–Crippen LogP) is 6.12. The Labute approximate surface area is 274 Å². The fourth-order valence-corrected chi connectivity index (χ4v) is 6.60. The van der Waals surface area contributed by atoms with Crippen LogP contribution < -0.4 is 34.4 Å². The van der Waals surface area contributed by atoms with Crippen molar-refractivity contribution in [2.45, 2.75) is 19.6 Å². The zero-order valence-electron chi connectivity index (χ0n) is 25.3. The summed E-state index contributed by atoms with van der Waals surface area (Å²) in [5.41, 5.74) is 3.62. The summed E-state index contributed by atoms with van der Waals surface area (Å²) in [6.07, 6.45) is 1.74. The van der Waals surface area contributed by atoms with Crippen LogP contribution in [0, 0.1) is 0 Å². The molecule has 46 heavy (non-hydrogen) atoms. The average Bonchev–Trinajstić information content (AvgIpc) is 3.37. The van der Waals surface area contributed by atoms with E-state index < -0.39 is 6.04 Å². The van der Waals surface area contributed by atoms with Gasteiger partial charge in [-0.2, -0.15) is 0 Å². The van der Waals surface area contributed by atoms with Gasteiger partial charge in [0.2, 0.25) is 0 Å². The van der Waals surface area contributed by atoms with Crippen LogP contribution >= 0.6 is 22.9 Å². The van der Waals surface area contributed by atoms with Crippen molar-refractivity contribution < 1.29 is 19.0 Å². The Morgan fingerprint density at radius 3 is 2.35 bits per heavy atom. The Hall–Kier alpha value is -5.12. The lowest BCUT2D eigenvalue weighted by Crippen LogP contribution is -2.40. The summed E-state index contributed by atoms with van der Waals surface area (Å²) in [6, 6.07) is 29.0. The molecule has 1 amide bonds. The van der Waals surface area contributed by atoms with E-state index in [9.17, 15) is 9.59 Å². The maximum Gasteiger partial charge on any atom is 0.271 e. The third-order valence-electron chi connectivity index (χ3n) is 7.51. The molecular formula is C36H30ClN3O5S. The Balaban J connectivity index is 1.41. The van der Waals surface area contributed by atoms with Crippen molar-refractivity contribution in [2.75, 3.05) is 19.5 Å². The average molecular weight is 652 g/mol. The molecule has 6 rings (SSSR count). The van der Waals surface area contributed by atoms with Gasteiger partial charge in [-0.15, -0.1) is 0 Å². The Morgan fingerprint density at radius 2 is 1.67 bits per heavy atom. The van der Waals surface area contributed by atoms with Crippen molar-refractivity contribution in [3.8, 4) is 17.2 Å². The molecule has 0 radical (unpaired) electrons. The van der Waals surface area contributed by atoms with Crippen LogP contribution in [0.15, 0.2) is 118 Å². The summed E-state index contributed by atoms with van der Waals surface area (Å²) >= 11 is 7.91. The highest BCUT2D eigenvalue weighted by atomic mass is 35.5. The molecule has 1 atom stereocenters. The molecule has 232 valence electrons. The summed E-state index contributed by atoms with van der Waals surface area (Å²) in [7, 11) is 3.13. The number of methoxy groups -OCH3 is 2. The van der Waals surface area contributed by atoms with Crippen LogP contribution in [0.2, 0.25) is 5.02 Å². The van der Waals surface area contributed by atoms with Gasteiger partial charge in [-0.1, -0.05) is 83.6 Å². The summed E-state index contributed by atoms with van der Waals surface area (Å²) in [5, 5.41) is 3.31. The topological polar surface area (TPSA) is 91.2 Å². The molecule has 4 aromatic carbocycles. The van der Waals surface area contributed by atoms with E-state index in [4.69, 9.17) is 30.8 Å². The first-order valence-electron chi connectivity index (χ1n) is 14.4. The van der Waals surface area contributed by atoms with Gasteiger partial charge in [0, 0.05) is 5.69 Å². The number of allylic oxidation sites excluding steroid dienone is 1. The second kappa shape index (κ2) is 13.5. The molecule has 1 aliphatic rings. The molecule has 1 N–H and O–H groups in total. The quantitative estimate of drug-likeness (QED) is 0.207. The third-order valence-corrected chi connectivity index (χ3v) is 8.77. The number of fused-ring (bicyclic) bond motifs is 1. The summed E-state index contributed by atoms with van der Waals surface area (Å²) in [5.74, 6) is 1.17. The number of thiazole rings is 1. The molecule has 1 aliphatic heterocycles. The molecule has 1 aromatic heterocycles. The van der Waals surface area contributed by atoms with E-state index in [1.807, 2.05) is 84.9 Å². The highest BCUT2D eigenvalue weighted by Gasteiger charge is 2.32. The number of hydrogen-bond donors (Lipinski definition) is 1. The number of nitrogens with zero attached hydrogens (tertiary/aromatic N) is 2. The molecule has 0 aliphatic carbocycles. The predicted molar refractivity (Wildman–Crippen MR) is 181 cm³/mol. The van der Waals surface area contributed by atoms with Crippen LogP contribution in [0.3, 0.4) is 0 Å². The molecule has 10 heteroatoms. The second-order valence-electron chi connectivity index (χ2n) is 10.5. The van der Waals surface area contributed by atoms with Crippen molar-refractivity contribution in [1.82, 2.24) is 4.57 Å². The molecule has 5 aromatic rings. The van der Waals surface area contributed by atoms with Crippen molar-refractivity contribution in [3.05, 3.63) is 150 Å². The SMILES string of the molecule is COc1ccc([C@@H]2C(C(=O)Nc3ccccc3)=C(C)N=c3s/c(=C/c4cc(Cl)c(OCc5ccccc5)c(OC)c4)c(=O)n32)cc1. The monoisotopic (exact) mass is 651 g/mol. The maximum atomic E-state index is 14.1. The Morgan fingerprint density at radius 1 is 0.978 bits per heavy atom. The van der Waals surface area contributed by atoms with E-state index in [0.717, 1.165) is 11.1 Å². The number of rotatable bonds is 9. The number of ether oxygens (including phenoxy) is 3. The molecule has 0 spiro atoms. The summed E-state index contributed by atoms with van der Waals surface area (Å²) in [6.45, 7) is 2.10. The summed E-state index contributed by atoms with van der Waals surface area (Å²) in [4.78, 5) is 33.1. The van der Waals surface area contributed by atoms with E-state index in [-0.39, 0.29) is 11.5 Å². The lowest BCUT2D eigenvalue weighted by Gasteiger charge is -2.25. The van der Waals surface area contributed by atoms with Gasteiger partial charge in [-0.25, -0.2) is 4.99 Å². The molecule has 0 fully saturated rings. The van der Waals surface area contributed by atoms with Gasteiger partial charge < -0.3 is 19.5 Å². The van der Waals surface area contributed by atoms with Gasteiger partial charge in [0.25, 0.3) is 11.5 Å². The fraction of sp³-hybridized carbons (Fsp3) is 0.139. The van der Waals surface area contributed by atoms with Crippen LogP contribution in [0.4, 0.5) is 5.69 Å². The molecular weight excluding hydrogens is 622 g/mol. The van der Waals surface area contributed by atoms with Gasteiger partial charge in [0.05, 0.1) is 41.1 Å². The van der Waals surface area contributed by atoms with Gasteiger partial charge in [-0.3, -0.25) is 14.2 Å². The number of aromatic nitrogens is 1. The van der Waals surface area contributed by atoms with Crippen LogP contribution in [0.1, 0.15) is 29.7 Å². The normalized spacial score (nSPS) is 14.3. The number of carbonyl (C=O) groups excluding carboxylic acids is 1. The number of hydrogen-bond acceptors (Lipinski definition) is 7. The Bertz CT molecular complexity index is 2110. The molecule has 0 unspecified atom stereocenters. The Kier molecular flexibility index (Phi) is 9.05. The number of benzene rings is 4. The zero-order valence-corrected chi connectivity index (χ0v) is 26.9. The highest BCUT2D eigenvalue weighted by Crippen LogP contribution is 2.37. The van der Waals surface area contributed by atoms with Crippen LogP contribution in [0.5, 0.6) is 17.2 Å². The van der Waals surface area contributed by atoms with Crippen LogP contribution in [-0.2, 0) is 11.4 Å². The van der Waals surface area contributed by atoms with Crippen molar-refractivity contribution in [3.63, 3.8) is 0 Å². The first-order valence-corrected chi connectivity index (χ1v) is 15.6. The number of halogens is 1. The largest absolute Gasteiger partial charge is 0.497 e. The summed E-state index contributed by atoms with van der Waals surface area (Å²) < 4.78 is 19.0. The van der Waals surface area contributed by atoms with E-state index in [2.05, 4.69) is 5.32 Å². The molecule has 0 bridgehead atoms. The highest BCUT2D eigenvalue weighted by molar-refractivity contribution is 7.07. The minimum absolute atomic E-state index is 0.290. The van der Waals surface area contributed by atoms with Crippen molar-refractivity contribution in [2.24, 2.45) is 4.99 Å². The molecule has 2 heterocycles. The van der Waals surface area contributed by atoms with Crippen molar-refractivity contribution in [1.29, 1.82) is 0 Å². The van der Waals surface area contributed by atoms with Crippen LogP contribution in [0.25, 0.3) is 6.08 Å². The van der Waals surface area contributed by atoms with Crippen molar-refractivity contribution >= 4 is 40.6 Å². The minimum atomic E-state index is -0.722. The minimum Gasteiger partial charge on any atom is -0.497 e. The number of amides is 1. The third kappa shape index (κ3) is 6.33. The van der Waals surface area contributed by atoms with Gasteiger partial charge in [0.1, 0.15) is 12.4 Å². The van der Waals surface area contributed by atoms with E-state index in [0.29, 0.717) is 60.7 Å². The smallest absolute Gasteiger partial charge is 0.271 e. The fourth-order valence-electron chi connectivity index (χ4n) is 5.28. The maximum absolute atomic E-state index is 14.1. The number of para-hydroxylation sites is 1. The van der Waals surface area contributed by atoms with Gasteiger partial charge >= 0.3 is 0 Å². The standard InChI is InChI=1S/C36H30ClN3O5S/c1-22-31(34(41)39-26-12-8-5-9-13-26)32(25-14-16-27(43-2)17-15-25)40-35(42)30(46-36(40)38-22)20-24-18-28(37)33(29(19-24)44-3)45-21-23-10-6-4-7-11-23/h4-20,32H,21H2,1-3H3,(H,39,41)/b30-20+/t32-/m1/s1. The lowest BCUT2D eigenvalue weighted by atomic mass is 9.95. The van der Waals surface area contributed by atoms with E-state index in [1.165, 1.54) is 11.3 Å². The van der Waals surface area contributed by atoms with E-state index in [1.54, 1.807) is 43.9 Å². The zero-order chi connectivity index (χ0) is 32.2. The first-order chi connectivity index (χ1) is 22.4. The number of nitrogens with one attached hydrogen (secondary N) is 1. The lowest BCUT2D eigenvalue weighted by molar-refractivity contribution is -0.113. The van der Waals surface area contributed by atoms with Gasteiger partial charge in [-0.05, 0) is 66.1 Å². The second-order valence-corrected chi connectivity index (χ2v) is 11.9. The number of anilines is 1. The molecule has 0 saturated carbocycles. The molecule has 0 saturated heterocycles. The molecule has 8 nitrogen and oxygen atoms in total. The van der Waals surface area contributed by atoms with Gasteiger partial charge in [0.15, 0.2) is 16.3 Å². The van der Waals surface area contributed by atoms with Crippen LogP contribution in [-0.4, -0.2) is 24.7 Å². The first kappa shape index (κ1) is 30.9. The van der Waals surface area contributed by atoms with E-state index >= 15 is 0 Å². The number of carbonyl (C=O) groups is 1.